The minimum absolute atomic E-state index is 0.0485. The number of piperazine rings is 1. The van der Waals surface area contributed by atoms with Crippen LogP contribution in [0, 0.1) is 5.82 Å². The van der Waals surface area contributed by atoms with Crippen LogP contribution in [-0.4, -0.2) is 71.9 Å². The average molecular weight is 434 g/mol. The molecule has 0 spiro atoms. The highest BCUT2D eigenvalue weighted by Gasteiger charge is 2.22. The molecule has 2 aromatic rings. The number of anilines is 1. The lowest BCUT2D eigenvalue weighted by Crippen LogP contribution is -2.52. The van der Waals surface area contributed by atoms with Crippen molar-refractivity contribution in [2.75, 3.05) is 50.7 Å². The molecule has 1 aliphatic rings. The maximum atomic E-state index is 13.7. The minimum Gasteiger partial charge on any atom is -0.357 e. The van der Waals surface area contributed by atoms with Crippen molar-refractivity contribution in [1.29, 1.82) is 0 Å². The Hall–Kier alpha value is -2.75. The first-order valence-corrected chi connectivity index (χ1v) is 11.0. The van der Waals surface area contributed by atoms with Gasteiger partial charge in [-0.2, -0.15) is 4.37 Å². The molecule has 2 N–H and O–H groups in total. The van der Waals surface area contributed by atoms with Crippen LogP contribution in [0.5, 0.6) is 0 Å². The number of carbonyl (C=O) groups excluding carboxylic acids is 1. The normalized spacial score (nSPS) is 14.7. The Labute approximate surface area is 180 Å². The summed E-state index contributed by atoms with van der Waals surface area (Å²) in [5, 5.41) is 7.01. The number of halogens is 1. The number of aryl methyl sites for hydroxylation is 1. The van der Waals surface area contributed by atoms with E-state index in [1.165, 1.54) is 23.7 Å². The Bertz CT molecular complexity index is 864. The van der Waals surface area contributed by atoms with E-state index in [9.17, 15) is 9.18 Å². The van der Waals surface area contributed by atoms with Gasteiger partial charge in [-0.05, 0) is 19.1 Å². The minimum atomic E-state index is -0.522. The number of aromatic nitrogens is 2. The Balaban J connectivity index is 1.49. The van der Waals surface area contributed by atoms with Gasteiger partial charge in [-0.1, -0.05) is 19.1 Å². The summed E-state index contributed by atoms with van der Waals surface area (Å²) in [6.07, 6.45) is 0.848. The van der Waals surface area contributed by atoms with Crippen molar-refractivity contribution in [2.45, 2.75) is 20.3 Å². The maximum Gasteiger partial charge on any atom is 0.254 e. The standard InChI is InChI=1S/C20H28FN7OS/c1-3-17-25-20(30-26-17)28-13-11-27(12-14-28)19(22-4-2)24-10-9-23-18(29)15-7-5-6-8-16(15)21/h5-8H,3-4,9-14H2,1-2H3,(H,22,24)(H,23,29). The molecule has 8 nitrogen and oxygen atoms in total. The number of aliphatic imine (C=N–C) groups is 1. The van der Waals surface area contributed by atoms with Crippen molar-refractivity contribution >= 4 is 28.5 Å². The van der Waals surface area contributed by atoms with Crippen LogP contribution < -0.4 is 15.5 Å². The second-order valence-electron chi connectivity index (χ2n) is 6.79. The van der Waals surface area contributed by atoms with Crippen molar-refractivity contribution in [3.63, 3.8) is 0 Å². The molecule has 3 rings (SSSR count). The molecule has 0 bridgehead atoms. The van der Waals surface area contributed by atoms with Gasteiger partial charge in [0.2, 0.25) is 5.13 Å². The highest BCUT2D eigenvalue weighted by molar-refractivity contribution is 7.09. The zero-order valence-electron chi connectivity index (χ0n) is 17.4. The van der Waals surface area contributed by atoms with Crippen molar-refractivity contribution in [1.82, 2.24) is 24.9 Å². The first kappa shape index (κ1) is 21.9. The molecule has 0 radical (unpaired) electrons. The van der Waals surface area contributed by atoms with Gasteiger partial charge in [-0.3, -0.25) is 9.79 Å². The number of amides is 1. The maximum absolute atomic E-state index is 13.7. The van der Waals surface area contributed by atoms with Gasteiger partial charge in [0.25, 0.3) is 5.91 Å². The lowest BCUT2D eigenvalue weighted by Gasteiger charge is -2.36. The molecule has 1 aromatic heterocycles. The monoisotopic (exact) mass is 433 g/mol. The quantitative estimate of drug-likeness (QED) is 0.393. The second-order valence-corrected chi connectivity index (χ2v) is 7.52. The molecule has 1 saturated heterocycles. The first-order valence-electron chi connectivity index (χ1n) is 10.3. The van der Waals surface area contributed by atoms with Crippen LogP contribution in [0.3, 0.4) is 0 Å². The number of carbonyl (C=O) groups is 1. The molecule has 2 heterocycles. The predicted octanol–water partition coefficient (Wildman–Crippen LogP) is 1.76. The van der Waals surface area contributed by atoms with Crippen molar-refractivity contribution < 1.29 is 9.18 Å². The van der Waals surface area contributed by atoms with E-state index in [2.05, 4.69) is 41.7 Å². The third-order valence-electron chi connectivity index (χ3n) is 4.74. The van der Waals surface area contributed by atoms with Crippen LogP contribution in [0.25, 0.3) is 0 Å². The number of hydrogen-bond acceptors (Lipinski definition) is 6. The highest BCUT2D eigenvalue weighted by atomic mass is 32.1. The summed E-state index contributed by atoms with van der Waals surface area (Å²) in [6, 6.07) is 5.95. The smallest absolute Gasteiger partial charge is 0.254 e. The number of nitrogens with zero attached hydrogens (tertiary/aromatic N) is 5. The number of rotatable bonds is 7. The molecule has 1 fully saturated rings. The summed E-state index contributed by atoms with van der Waals surface area (Å²) in [6.45, 7) is 8.96. The number of benzene rings is 1. The first-order chi connectivity index (χ1) is 14.6. The van der Waals surface area contributed by atoms with E-state index in [0.717, 1.165) is 56.1 Å². The van der Waals surface area contributed by atoms with E-state index in [1.807, 2.05) is 6.92 Å². The fraction of sp³-hybridized carbons (Fsp3) is 0.500. The van der Waals surface area contributed by atoms with Gasteiger partial charge in [-0.25, -0.2) is 9.37 Å². The van der Waals surface area contributed by atoms with E-state index in [4.69, 9.17) is 0 Å². The Morgan fingerprint density at radius 3 is 2.63 bits per heavy atom. The fourth-order valence-electron chi connectivity index (χ4n) is 3.12. The van der Waals surface area contributed by atoms with Crippen LogP contribution in [0.4, 0.5) is 9.52 Å². The van der Waals surface area contributed by atoms with Crippen LogP contribution in [0.1, 0.15) is 30.0 Å². The SMILES string of the molecule is CCNC(=NCCNC(=O)c1ccccc1F)N1CCN(c2nc(CC)ns2)CC1. The molecular weight excluding hydrogens is 405 g/mol. The highest BCUT2D eigenvalue weighted by Crippen LogP contribution is 2.19. The van der Waals surface area contributed by atoms with Gasteiger partial charge in [0.15, 0.2) is 5.96 Å². The largest absolute Gasteiger partial charge is 0.357 e. The summed E-state index contributed by atoms with van der Waals surface area (Å²) < 4.78 is 18.0. The van der Waals surface area contributed by atoms with Crippen LogP contribution in [0.2, 0.25) is 0 Å². The number of guanidine groups is 1. The summed E-state index contributed by atoms with van der Waals surface area (Å²) in [5.74, 6) is 0.769. The Morgan fingerprint density at radius 2 is 1.97 bits per heavy atom. The molecule has 10 heteroatoms. The summed E-state index contributed by atoms with van der Waals surface area (Å²) in [5.41, 5.74) is 0.0485. The van der Waals surface area contributed by atoms with Gasteiger partial charge in [-0.15, -0.1) is 0 Å². The summed E-state index contributed by atoms with van der Waals surface area (Å²) in [4.78, 5) is 25.7. The van der Waals surface area contributed by atoms with Crippen molar-refractivity contribution in [2.24, 2.45) is 4.99 Å². The van der Waals surface area contributed by atoms with E-state index in [-0.39, 0.29) is 5.56 Å². The molecule has 0 atom stereocenters. The molecule has 0 aliphatic carbocycles. The van der Waals surface area contributed by atoms with Gasteiger partial charge in [0, 0.05) is 57.2 Å². The Kier molecular flexibility index (Phi) is 7.95. The lowest BCUT2D eigenvalue weighted by molar-refractivity contribution is 0.0950. The summed E-state index contributed by atoms with van der Waals surface area (Å²) >= 11 is 1.45. The van der Waals surface area contributed by atoms with Crippen LogP contribution in [0.15, 0.2) is 29.3 Å². The van der Waals surface area contributed by atoms with E-state index in [1.54, 1.807) is 12.1 Å². The zero-order valence-corrected chi connectivity index (χ0v) is 18.2. The Morgan fingerprint density at radius 1 is 1.20 bits per heavy atom. The molecule has 1 aromatic carbocycles. The summed E-state index contributed by atoms with van der Waals surface area (Å²) in [7, 11) is 0. The van der Waals surface area contributed by atoms with Crippen molar-refractivity contribution in [3.05, 3.63) is 41.5 Å². The fourth-order valence-corrected chi connectivity index (χ4v) is 3.93. The van der Waals surface area contributed by atoms with E-state index >= 15 is 0 Å². The third kappa shape index (κ3) is 5.65. The molecule has 1 aliphatic heterocycles. The molecule has 162 valence electrons. The predicted molar refractivity (Wildman–Crippen MR) is 118 cm³/mol. The van der Waals surface area contributed by atoms with E-state index in [0.29, 0.717) is 13.1 Å². The zero-order chi connectivity index (χ0) is 21.3. The van der Waals surface area contributed by atoms with Crippen LogP contribution >= 0.6 is 11.5 Å². The molecule has 1 amide bonds. The van der Waals surface area contributed by atoms with Gasteiger partial charge in [0.05, 0.1) is 12.1 Å². The molecule has 30 heavy (non-hydrogen) atoms. The number of hydrogen-bond donors (Lipinski definition) is 2. The van der Waals surface area contributed by atoms with Gasteiger partial charge in [0.1, 0.15) is 11.6 Å². The number of nitrogens with one attached hydrogen (secondary N) is 2. The molecule has 0 saturated carbocycles. The van der Waals surface area contributed by atoms with Crippen LogP contribution in [-0.2, 0) is 6.42 Å². The van der Waals surface area contributed by atoms with Crippen molar-refractivity contribution in [3.8, 4) is 0 Å². The second kappa shape index (κ2) is 10.9. The third-order valence-corrected chi connectivity index (χ3v) is 5.55. The molecule has 0 unspecified atom stereocenters. The van der Waals surface area contributed by atoms with Gasteiger partial charge < -0.3 is 20.4 Å². The molecular formula is C20H28FN7OS. The van der Waals surface area contributed by atoms with E-state index < -0.39 is 11.7 Å². The average Bonchev–Trinajstić information content (AvgIpc) is 3.25. The van der Waals surface area contributed by atoms with Gasteiger partial charge >= 0.3 is 0 Å². The topological polar surface area (TPSA) is 85.8 Å². The lowest BCUT2D eigenvalue weighted by atomic mass is 10.2.